The SMILES string of the molecule is COc1ccc2c(c1)CCC2c1ccc(OC)cc1C(=O)O. The maximum Gasteiger partial charge on any atom is 0.336 e. The van der Waals surface area contributed by atoms with E-state index in [1.165, 1.54) is 18.2 Å². The molecule has 0 heterocycles. The fourth-order valence-corrected chi connectivity index (χ4v) is 3.20. The number of fused-ring (bicyclic) bond motifs is 1. The number of aryl methyl sites for hydroxylation is 1. The standard InChI is InChI=1S/C18H18O4/c1-21-12-4-7-14-11(9-12)3-6-15(14)16-8-5-13(22-2)10-17(16)18(19)20/h4-5,7-10,15H,3,6H2,1-2H3,(H,19,20). The third kappa shape index (κ3) is 2.41. The zero-order chi connectivity index (χ0) is 15.7. The van der Waals surface area contributed by atoms with E-state index >= 15 is 0 Å². The molecule has 0 saturated heterocycles. The van der Waals surface area contributed by atoms with Gasteiger partial charge in [-0.2, -0.15) is 0 Å². The molecule has 0 radical (unpaired) electrons. The van der Waals surface area contributed by atoms with Gasteiger partial charge < -0.3 is 14.6 Å². The highest BCUT2D eigenvalue weighted by Crippen LogP contribution is 2.41. The quantitative estimate of drug-likeness (QED) is 0.939. The number of aromatic carboxylic acids is 1. The molecule has 22 heavy (non-hydrogen) atoms. The van der Waals surface area contributed by atoms with Crippen molar-refractivity contribution in [2.75, 3.05) is 14.2 Å². The van der Waals surface area contributed by atoms with Crippen LogP contribution in [-0.2, 0) is 6.42 Å². The van der Waals surface area contributed by atoms with Crippen molar-refractivity contribution < 1.29 is 19.4 Å². The maximum atomic E-state index is 11.6. The highest BCUT2D eigenvalue weighted by atomic mass is 16.5. The van der Waals surface area contributed by atoms with Crippen molar-refractivity contribution in [2.45, 2.75) is 18.8 Å². The second-order valence-electron chi connectivity index (χ2n) is 5.41. The molecule has 0 bridgehead atoms. The molecule has 0 aliphatic heterocycles. The van der Waals surface area contributed by atoms with Gasteiger partial charge >= 0.3 is 5.97 Å². The second-order valence-corrected chi connectivity index (χ2v) is 5.41. The van der Waals surface area contributed by atoms with Gasteiger partial charge in [0.1, 0.15) is 11.5 Å². The van der Waals surface area contributed by atoms with E-state index in [2.05, 4.69) is 0 Å². The van der Waals surface area contributed by atoms with Crippen LogP contribution in [0.15, 0.2) is 36.4 Å². The van der Waals surface area contributed by atoms with Crippen molar-refractivity contribution in [3.8, 4) is 11.5 Å². The number of carboxylic acids is 1. The summed E-state index contributed by atoms with van der Waals surface area (Å²) in [7, 11) is 3.19. The first-order valence-electron chi connectivity index (χ1n) is 7.22. The molecule has 3 rings (SSSR count). The molecular weight excluding hydrogens is 280 g/mol. The number of methoxy groups -OCH3 is 2. The van der Waals surface area contributed by atoms with Crippen LogP contribution in [-0.4, -0.2) is 25.3 Å². The largest absolute Gasteiger partial charge is 0.497 e. The molecule has 0 amide bonds. The van der Waals surface area contributed by atoms with Crippen LogP contribution >= 0.6 is 0 Å². The summed E-state index contributed by atoms with van der Waals surface area (Å²) in [6.45, 7) is 0. The van der Waals surface area contributed by atoms with Gasteiger partial charge in [-0.1, -0.05) is 12.1 Å². The third-order valence-electron chi connectivity index (χ3n) is 4.29. The minimum Gasteiger partial charge on any atom is -0.497 e. The zero-order valence-corrected chi connectivity index (χ0v) is 12.6. The first-order valence-corrected chi connectivity index (χ1v) is 7.22. The van der Waals surface area contributed by atoms with Gasteiger partial charge in [0.15, 0.2) is 0 Å². The molecule has 1 atom stereocenters. The Hall–Kier alpha value is -2.49. The van der Waals surface area contributed by atoms with E-state index in [1.54, 1.807) is 13.2 Å². The molecule has 0 saturated carbocycles. The van der Waals surface area contributed by atoms with E-state index in [-0.39, 0.29) is 5.92 Å². The van der Waals surface area contributed by atoms with Crippen molar-refractivity contribution in [3.63, 3.8) is 0 Å². The highest BCUT2D eigenvalue weighted by molar-refractivity contribution is 5.90. The predicted octanol–water partition coefficient (Wildman–Crippen LogP) is 3.48. The lowest BCUT2D eigenvalue weighted by atomic mass is 9.89. The van der Waals surface area contributed by atoms with Gasteiger partial charge in [0.25, 0.3) is 0 Å². The molecule has 2 aromatic rings. The Balaban J connectivity index is 2.06. The molecule has 0 fully saturated rings. The van der Waals surface area contributed by atoms with E-state index in [0.717, 1.165) is 24.2 Å². The molecule has 4 nitrogen and oxygen atoms in total. The molecule has 0 spiro atoms. The number of hydrogen-bond acceptors (Lipinski definition) is 3. The predicted molar refractivity (Wildman–Crippen MR) is 83.1 cm³/mol. The first kappa shape index (κ1) is 14.4. The molecule has 1 N–H and O–H groups in total. The van der Waals surface area contributed by atoms with Gasteiger partial charge in [-0.15, -0.1) is 0 Å². The minimum absolute atomic E-state index is 0.109. The Morgan fingerprint density at radius 3 is 2.32 bits per heavy atom. The summed E-state index contributed by atoms with van der Waals surface area (Å²) in [4.78, 5) is 11.6. The van der Waals surface area contributed by atoms with Crippen molar-refractivity contribution in [1.29, 1.82) is 0 Å². The van der Waals surface area contributed by atoms with Crippen molar-refractivity contribution in [2.24, 2.45) is 0 Å². The molecular formula is C18H18O4. The fourth-order valence-electron chi connectivity index (χ4n) is 3.20. The number of ether oxygens (including phenoxy) is 2. The van der Waals surface area contributed by atoms with Crippen LogP contribution in [0, 0.1) is 0 Å². The average Bonchev–Trinajstić information content (AvgIpc) is 2.96. The molecule has 4 heteroatoms. The third-order valence-corrected chi connectivity index (χ3v) is 4.29. The van der Waals surface area contributed by atoms with Gasteiger partial charge in [0, 0.05) is 5.92 Å². The summed E-state index contributed by atoms with van der Waals surface area (Å²) in [6, 6.07) is 11.3. The lowest BCUT2D eigenvalue weighted by molar-refractivity contribution is 0.0695. The molecule has 2 aromatic carbocycles. The van der Waals surface area contributed by atoms with E-state index in [0.29, 0.717) is 11.3 Å². The number of rotatable bonds is 4. The van der Waals surface area contributed by atoms with Crippen LogP contribution in [0.1, 0.15) is 39.4 Å². The Kier molecular flexibility index (Phi) is 3.75. The van der Waals surface area contributed by atoms with Gasteiger partial charge in [0.05, 0.1) is 19.8 Å². The lowest BCUT2D eigenvalue weighted by Gasteiger charge is -2.16. The highest BCUT2D eigenvalue weighted by Gasteiger charge is 2.28. The second kappa shape index (κ2) is 5.72. The Morgan fingerprint density at radius 2 is 1.68 bits per heavy atom. The number of hydrogen-bond donors (Lipinski definition) is 1. The summed E-state index contributed by atoms with van der Waals surface area (Å²) < 4.78 is 10.4. The normalized spacial score (nSPS) is 16.2. The summed E-state index contributed by atoms with van der Waals surface area (Å²) in [5.41, 5.74) is 3.58. The average molecular weight is 298 g/mol. The Morgan fingerprint density at radius 1 is 1.05 bits per heavy atom. The van der Waals surface area contributed by atoms with Crippen LogP contribution in [0.25, 0.3) is 0 Å². The number of carbonyl (C=O) groups is 1. The number of benzene rings is 2. The minimum atomic E-state index is -0.920. The van der Waals surface area contributed by atoms with Crippen LogP contribution in [0.4, 0.5) is 0 Å². The van der Waals surface area contributed by atoms with Crippen LogP contribution in [0.2, 0.25) is 0 Å². The topological polar surface area (TPSA) is 55.8 Å². The van der Waals surface area contributed by atoms with E-state index in [9.17, 15) is 9.90 Å². The van der Waals surface area contributed by atoms with Gasteiger partial charge in [-0.05, 0) is 53.8 Å². The van der Waals surface area contributed by atoms with Gasteiger partial charge in [-0.3, -0.25) is 0 Å². The molecule has 1 unspecified atom stereocenters. The monoisotopic (exact) mass is 298 g/mol. The van der Waals surface area contributed by atoms with Crippen molar-refractivity contribution in [1.82, 2.24) is 0 Å². The first-order chi connectivity index (χ1) is 10.6. The zero-order valence-electron chi connectivity index (χ0n) is 12.6. The lowest BCUT2D eigenvalue weighted by Crippen LogP contribution is -2.07. The molecule has 0 aromatic heterocycles. The summed E-state index contributed by atoms with van der Waals surface area (Å²) in [6.07, 6.45) is 1.84. The maximum absolute atomic E-state index is 11.6. The summed E-state index contributed by atoms with van der Waals surface area (Å²) >= 11 is 0. The van der Waals surface area contributed by atoms with E-state index in [1.807, 2.05) is 30.3 Å². The molecule has 1 aliphatic carbocycles. The fraction of sp³-hybridized carbons (Fsp3) is 0.278. The molecule has 114 valence electrons. The van der Waals surface area contributed by atoms with E-state index < -0.39 is 5.97 Å². The Labute approximate surface area is 129 Å². The van der Waals surface area contributed by atoms with E-state index in [4.69, 9.17) is 9.47 Å². The molecule has 1 aliphatic rings. The van der Waals surface area contributed by atoms with Crippen LogP contribution < -0.4 is 9.47 Å². The smallest absolute Gasteiger partial charge is 0.336 e. The van der Waals surface area contributed by atoms with Crippen LogP contribution in [0.3, 0.4) is 0 Å². The van der Waals surface area contributed by atoms with Crippen LogP contribution in [0.5, 0.6) is 11.5 Å². The number of carboxylic acid groups (broad SMARTS) is 1. The Bertz CT molecular complexity index is 721. The van der Waals surface area contributed by atoms with Crippen molar-refractivity contribution >= 4 is 5.97 Å². The summed E-state index contributed by atoms with van der Waals surface area (Å²) in [5.74, 6) is 0.593. The summed E-state index contributed by atoms with van der Waals surface area (Å²) in [5, 5.41) is 9.50. The van der Waals surface area contributed by atoms with Crippen molar-refractivity contribution in [3.05, 3.63) is 58.7 Å². The van der Waals surface area contributed by atoms with Gasteiger partial charge in [-0.25, -0.2) is 4.79 Å². The van der Waals surface area contributed by atoms with Gasteiger partial charge in [0.2, 0.25) is 0 Å².